The van der Waals surface area contributed by atoms with Crippen molar-refractivity contribution in [2.24, 2.45) is 81.8 Å². The Morgan fingerprint density at radius 2 is 0.891 bits per heavy atom. The van der Waals surface area contributed by atoms with Crippen molar-refractivity contribution in [3.05, 3.63) is 0 Å². The van der Waals surface area contributed by atoms with Gasteiger partial charge in [-0.05, 0) is 190 Å². The van der Waals surface area contributed by atoms with E-state index in [4.69, 9.17) is 42.6 Å². The van der Waals surface area contributed by atoms with Crippen LogP contribution >= 0.6 is 0 Å². The molecule has 15 atom stereocenters. The molecule has 0 aromatic carbocycles. The molecule has 15 unspecified atom stereocenters. The van der Waals surface area contributed by atoms with Gasteiger partial charge in [0, 0.05) is 18.3 Å². The molecular formula is C84H150O17. The number of hydrogen-bond acceptors (Lipinski definition) is 17. The van der Waals surface area contributed by atoms with Gasteiger partial charge in [-0.15, -0.1) is 0 Å². The first-order chi connectivity index (χ1) is 49.3. The summed E-state index contributed by atoms with van der Waals surface area (Å²) >= 11 is 0. The van der Waals surface area contributed by atoms with Gasteiger partial charge in [0.2, 0.25) is 0 Å². The summed E-state index contributed by atoms with van der Waals surface area (Å²) in [6, 6.07) is 0. The minimum atomic E-state index is -0.107. The molecule has 17 heteroatoms. The van der Waals surface area contributed by atoms with E-state index in [1.54, 1.807) is 0 Å². The van der Waals surface area contributed by atoms with Crippen molar-refractivity contribution >= 4 is 47.8 Å². The summed E-state index contributed by atoms with van der Waals surface area (Å²) in [5.74, 6) is 7.27. The zero-order valence-corrected chi connectivity index (χ0v) is 67.8. The average molecular weight is 1430 g/mol. The van der Waals surface area contributed by atoms with E-state index < -0.39 is 0 Å². The van der Waals surface area contributed by atoms with Crippen molar-refractivity contribution in [2.45, 2.75) is 381 Å². The molecule has 10 aliphatic carbocycles. The highest BCUT2D eigenvalue weighted by atomic mass is 16.6. The Hall–Kier alpha value is -4.28. The van der Waals surface area contributed by atoms with Crippen molar-refractivity contribution in [1.29, 1.82) is 0 Å². The molecule has 12 saturated heterocycles. The van der Waals surface area contributed by atoms with Crippen LogP contribution in [-0.4, -0.2) is 111 Å². The van der Waals surface area contributed by atoms with E-state index in [9.17, 15) is 38.4 Å². The highest BCUT2D eigenvalue weighted by Gasteiger charge is 2.59. The molecule has 22 rings (SSSR count). The maximum atomic E-state index is 11.6. The Balaban J connectivity index is 0.000000379. The molecule has 12 heterocycles. The normalized spacial score (nSPS) is 35.8. The number of carbonyl (C=O) groups excluding carboxylic acids is 8. The second kappa shape index (κ2) is 50.3. The van der Waals surface area contributed by atoms with Crippen molar-refractivity contribution in [2.75, 3.05) is 26.4 Å². The van der Waals surface area contributed by atoms with Crippen LogP contribution in [0.2, 0.25) is 0 Å². The van der Waals surface area contributed by atoms with E-state index in [2.05, 4.69) is 0 Å². The largest absolute Gasteiger partial charge is 0.465 e. The number of hydrogen-bond donors (Lipinski definition) is 0. The summed E-state index contributed by atoms with van der Waals surface area (Å²) in [5.41, 5.74) is -0.0266. The lowest BCUT2D eigenvalue weighted by Gasteiger charge is -2.35. The van der Waals surface area contributed by atoms with Crippen LogP contribution in [0.3, 0.4) is 0 Å². The molecule has 22 fully saturated rings. The summed E-state index contributed by atoms with van der Waals surface area (Å²) in [6.45, 7) is 42.8. The second-order valence-corrected chi connectivity index (χ2v) is 28.0. The third-order valence-corrected chi connectivity index (χ3v) is 23.1. The zero-order valence-electron chi connectivity index (χ0n) is 67.8. The molecule has 0 amide bonds. The van der Waals surface area contributed by atoms with Crippen LogP contribution in [0.4, 0.5) is 0 Å². The summed E-state index contributed by atoms with van der Waals surface area (Å²) in [4.78, 5) is 88.3. The Morgan fingerprint density at radius 1 is 0.317 bits per heavy atom. The van der Waals surface area contributed by atoms with Crippen LogP contribution in [0.15, 0.2) is 0 Å². The molecule has 22 aliphatic rings. The highest BCUT2D eigenvalue weighted by molar-refractivity contribution is 5.80. The number of esters is 8. The predicted molar refractivity (Wildman–Crippen MR) is 400 cm³/mol. The number of carbonyl (C=O) groups is 8. The van der Waals surface area contributed by atoms with Gasteiger partial charge in [0.15, 0.2) is 0 Å². The highest BCUT2D eigenvalue weighted by Crippen LogP contribution is 2.60. The van der Waals surface area contributed by atoms with Crippen LogP contribution in [0, 0.1) is 81.8 Å². The molecule has 0 aromatic rings. The monoisotopic (exact) mass is 1430 g/mol. The van der Waals surface area contributed by atoms with Crippen LogP contribution in [0.5, 0.6) is 0 Å². The molecule has 588 valence electrons. The van der Waals surface area contributed by atoms with Crippen molar-refractivity contribution in [3.63, 3.8) is 0 Å². The molecule has 10 saturated carbocycles. The van der Waals surface area contributed by atoms with Gasteiger partial charge in [-0.2, -0.15) is 0 Å². The Bertz CT molecular complexity index is 2260. The molecular weight excluding hydrogens is 1280 g/mol. The summed E-state index contributed by atoms with van der Waals surface area (Å²) in [6.07, 6.45) is 37.2. The van der Waals surface area contributed by atoms with Gasteiger partial charge >= 0.3 is 47.8 Å². The molecule has 0 aromatic heterocycles. The smallest absolute Gasteiger partial charge is 0.312 e. The predicted octanol–water partition coefficient (Wildman–Crippen LogP) is 19.8. The maximum Gasteiger partial charge on any atom is 0.312 e. The number of cyclic esters (lactones) is 3. The minimum absolute atomic E-state index is 0.00289. The lowest BCUT2D eigenvalue weighted by atomic mass is 9.68. The standard InChI is InChI=1S/2C10H14O2.C9H14O2.C8H10O2.3C7H10O2.C6H8O3.10C2H6/c11-10-8-2-6-1-7(3-8)5-9(4-6)12-10;11-9-10(3-4-12-9)6-7-1-2-8(10)5-7;10-8-9(6-7-11-8)4-2-1-3-5-9;9-8-6-2-5-1-4(6)3-7(5)10-8;8-7-5-1-3-6(9-7)4-2-5;8-7-6-3-1-2-5(6)4-9-7;8-7-4-5-2-1-3-6(5)9-7;7-6-3-5-4(9-6)1-2-8-5;10*1-2/h6-9H,1-5H2;7-8H,1-6H2;1-7H2;4-7H,1-3H2;3*5-6H,1-4H2;4-5H,1-3H2;10*1-2H3. The van der Waals surface area contributed by atoms with Gasteiger partial charge in [-0.25, -0.2) is 0 Å². The molecule has 2 spiro atoms. The molecule has 17 nitrogen and oxygen atoms in total. The van der Waals surface area contributed by atoms with Gasteiger partial charge < -0.3 is 42.6 Å². The molecule has 12 bridgehead atoms. The van der Waals surface area contributed by atoms with Crippen LogP contribution in [0.25, 0.3) is 0 Å². The zero-order chi connectivity index (χ0) is 75.8. The van der Waals surface area contributed by atoms with E-state index in [-0.39, 0.29) is 101 Å². The van der Waals surface area contributed by atoms with Gasteiger partial charge in [0.25, 0.3) is 0 Å². The Kier molecular flexibility index (Phi) is 46.2. The molecule has 101 heavy (non-hydrogen) atoms. The Morgan fingerprint density at radius 3 is 1.37 bits per heavy atom. The second-order valence-electron chi connectivity index (χ2n) is 28.0. The van der Waals surface area contributed by atoms with Crippen LogP contribution in [-0.2, 0) is 81.0 Å². The quantitative estimate of drug-likeness (QED) is 0.163. The molecule has 12 aliphatic heterocycles. The van der Waals surface area contributed by atoms with Crippen LogP contribution < -0.4 is 0 Å². The number of ether oxygens (including phenoxy) is 9. The van der Waals surface area contributed by atoms with E-state index in [1.165, 1.54) is 83.5 Å². The third kappa shape index (κ3) is 25.7. The van der Waals surface area contributed by atoms with Gasteiger partial charge in [0.05, 0.1) is 73.8 Å². The Labute approximate surface area is 614 Å². The lowest BCUT2D eigenvalue weighted by molar-refractivity contribution is -0.170. The van der Waals surface area contributed by atoms with E-state index in [0.29, 0.717) is 74.5 Å². The first-order valence-electron chi connectivity index (χ1n) is 42.4. The minimum Gasteiger partial charge on any atom is -0.465 e. The van der Waals surface area contributed by atoms with Gasteiger partial charge in [-0.1, -0.05) is 171 Å². The van der Waals surface area contributed by atoms with Crippen molar-refractivity contribution in [1.82, 2.24) is 0 Å². The number of rotatable bonds is 0. The topological polar surface area (TPSA) is 220 Å². The van der Waals surface area contributed by atoms with Crippen molar-refractivity contribution < 1.29 is 81.0 Å². The summed E-state index contributed by atoms with van der Waals surface area (Å²) in [7, 11) is 0. The van der Waals surface area contributed by atoms with E-state index in [0.717, 1.165) is 139 Å². The summed E-state index contributed by atoms with van der Waals surface area (Å²) in [5, 5.41) is 0. The van der Waals surface area contributed by atoms with E-state index in [1.807, 2.05) is 138 Å². The van der Waals surface area contributed by atoms with Crippen molar-refractivity contribution in [3.8, 4) is 0 Å². The summed E-state index contributed by atoms with van der Waals surface area (Å²) < 4.78 is 45.8. The lowest BCUT2D eigenvalue weighted by Crippen LogP contribution is -2.39. The fourth-order valence-corrected chi connectivity index (χ4v) is 18.8. The SMILES string of the molecule is CC.CC.CC.CC.CC.CC.CC.CC.CC.CC.O=C1CC2CCCC2O1.O=C1CC2OCCC2O1.O=C1OC2CC3CC(C2)CC1C3.O=C1OC2CC3CC2CC13.O=C1OC2CCC1CC2.O=C1OCC2CCCC12.O=C1OCCC12CC1CCC2C1.O=C1OCCC12CCCCC2. The van der Waals surface area contributed by atoms with Gasteiger partial charge in [-0.3, -0.25) is 38.4 Å². The average Bonchev–Trinajstić information content (AvgIpc) is 1.61. The fraction of sp³-hybridized carbons (Fsp3) is 0.905. The van der Waals surface area contributed by atoms with Crippen LogP contribution in [0.1, 0.15) is 344 Å². The third-order valence-electron chi connectivity index (χ3n) is 23.1. The maximum absolute atomic E-state index is 11.6. The molecule has 0 N–H and O–H groups in total. The number of fused-ring (bicyclic) bond motifs is 11. The van der Waals surface area contributed by atoms with E-state index >= 15 is 0 Å². The first-order valence-corrected chi connectivity index (χ1v) is 42.4. The first kappa shape index (κ1) is 92.8. The fourth-order valence-electron chi connectivity index (χ4n) is 18.8. The van der Waals surface area contributed by atoms with Gasteiger partial charge in [0.1, 0.15) is 36.6 Å². The molecule has 0 radical (unpaired) electrons.